The number of hydrogen-bond donors (Lipinski definition) is 0. The third-order valence-corrected chi connectivity index (χ3v) is 1.43. The summed E-state index contributed by atoms with van der Waals surface area (Å²) in [6, 6.07) is 0. The normalized spacial score (nSPS) is 9.88. The van der Waals surface area contributed by atoms with E-state index in [9.17, 15) is 0 Å². The average Bonchev–Trinajstić information content (AvgIpc) is 1.98. The first-order valence-electron chi connectivity index (χ1n) is 1.92. The van der Waals surface area contributed by atoms with E-state index < -0.39 is 0 Å². The minimum atomic E-state index is 0.301. The number of hydrogen-bond acceptors (Lipinski definition) is 2. The Morgan fingerprint density at radius 1 is 1.25 bits per heavy atom. The maximum Gasteiger partial charge on any atom is 0.225 e. The number of rotatable bonds is 0. The van der Waals surface area contributed by atoms with Crippen LogP contribution in [0.2, 0.25) is 10.6 Å². The van der Waals surface area contributed by atoms with Gasteiger partial charge in [0.05, 0.1) is 0 Å². The predicted molar refractivity (Wildman–Crippen MR) is 31.0 cm³/mol. The molecule has 0 saturated heterocycles. The zero-order chi connectivity index (χ0) is 6.15. The summed E-state index contributed by atoms with van der Waals surface area (Å²) in [6.07, 6.45) is 0. The largest absolute Gasteiger partial charge is 0.292 e. The molecule has 1 rings (SSSR count). The lowest BCUT2D eigenvalue weighted by molar-refractivity contribution is 0.912. The van der Waals surface area contributed by atoms with Crippen LogP contribution < -0.4 is 0 Å². The van der Waals surface area contributed by atoms with Crippen molar-refractivity contribution in [2.45, 2.75) is 0 Å². The first kappa shape index (κ1) is 5.85. The molecule has 0 spiro atoms. The van der Waals surface area contributed by atoms with Crippen molar-refractivity contribution < 1.29 is 0 Å². The molecule has 1 aromatic heterocycles. The Bertz CT molecular complexity index is 175. The molecule has 1 aromatic rings. The number of aromatic nitrogens is 3. The van der Waals surface area contributed by atoms with E-state index in [2.05, 4.69) is 10.2 Å². The van der Waals surface area contributed by atoms with Crippen LogP contribution in [-0.2, 0) is 7.05 Å². The number of nitrogens with zero attached hydrogens (tertiary/aromatic N) is 3. The smallest absolute Gasteiger partial charge is 0.225 e. The summed E-state index contributed by atoms with van der Waals surface area (Å²) >= 11 is 10.9. The van der Waals surface area contributed by atoms with Gasteiger partial charge >= 0.3 is 0 Å². The van der Waals surface area contributed by atoms with E-state index >= 15 is 0 Å². The zero-order valence-electron chi connectivity index (χ0n) is 4.10. The SMILES string of the molecule is Cn1c(Cl)nnc1Cl. The van der Waals surface area contributed by atoms with Gasteiger partial charge in [-0.3, -0.25) is 4.57 Å². The molecular formula is C3H3Cl2N3. The highest BCUT2D eigenvalue weighted by Crippen LogP contribution is 2.08. The van der Waals surface area contributed by atoms with Crippen molar-refractivity contribution in [2.24, 2.45) is 7.05 Å². The molecule has 3 nitrogen and oxygen atoms in total. The van der Waals surface area contributed by atoms with Crippen LogP contribution in [0.4, 0.5) is 0 Å². The van der Waals surface area contributed by atoms with E-state index in [1.807, 2.05) is 0 Å². The molecule has 0 N–H and O–H groups in total. The lowest BCUT2D eigenvalue weighted by Crippen LogP contribution is -1.85. The van der Waals surface area contributed by atoms with Crippen molar-refractivity contribution in [2.75, 3.05) is 0 Å². The summed E-state index contributed by atoms with van der Waals surface area (Å²) in [5, 5.41) is 7.53. The first-order valence-corrected chi connectivity index (χ1v) is 2.68. The maximum atomic E-state index is 5.43. The first-order chi connectivity index (χ1) is 3.72. The minimum Gasteiger partial charge on any atom is -0.292 e. The van der Waals surface area contributed by atoms with Gasteiger partial charge in [-0.1, -0.05) is 0 Å². The van der Waals surface area contributed by atoms with Crippen molar-refractivity contribution >= 4 is 23.2 Å². The third-order valence-electron chi connectivity index (χ3n) is 0.769. The van der Waals surface area contributed by atoms with Crippen LogP contribution >= 0.6 is 23.2 Å². The summed E-state index contributed by atoms with van der Waals surface area (Å²) in [7, 11) is 1.69. The van der Waals surface area contributed by atoms with E-state index in [1.165, 1.54) is 4.57 Å². The molecule has 0 fully saturated rings. The van der Waals surface area contributed by atoms with Crippen LogP contribution in [0.5, 0.6) is 0 Å². The van der Waals surface area contributed by atoms with Crippen molar-refractivity contribution in [3.05, 3.63) is 10.6 Å². The highest BCUT2D eigenvalue weighted by atomic mass is 35.5. The van der Waals surface area contributed by atoms with Crippen LogP contribution in [-0.4, -0.2) is 14.8 Å². The van der Waals surface area contributed by atoms with Crippen LogP contribution in [0.25, 0.3) is 0 Å². The van der Waals surface area contributed by atoms with Crippen LogP contribution in [0.15, 0.2) is 0 Å². The topological polar surface area (TPSA) is 30.7 Å². The van der Waals surface area contributed by atoms with E-state index in [-0.39, 0.29) is 0 Å². The molecule has 8 heavy (non-hydrogen) atoms. The summed E-state index contributed by atoms with van der Waals surface area (Å²) < 4.78 is 1.48. The summed E-state index contributed by atoms with van der Waals surface area (Å²) in [6.45, 7) is 0. The van der Waals surface area contributed by atoms with Crippen molar-refractivity contribution in [1.29, 1.82) is 0 Å². The predicted octanol–water partition coefficient (Wildman–Crippen LogP) is 1.12. The Morgan fingerprint density at radius 3 is 1.75 bits per heavy atom. The molecule has 0 saturated carbocycles. The Hall–Kier alpha value is -0.280. The van der Waals surface area contributed by atoms with Gasteiger partial charge in [0.1, 0.15) is 0 Å². The second-order valence-corrected chi connectivity index (χ2v) is 1.97. The van der Waals surface area contributed by atoms with Gasteiger partial charge in [-0.2, -0.15) is 0 Å². The quantitative estimate of drug-likeness (QED) is 0.557. The highest BCUT2D eigenvalue weighted by molar-refractivity contribution is 6.31. The molecule has 1 heterocycles. The molecule has 0 aliphatic heterocycles. The van der Waals surface area contributed by atoms with E-state index in [1.54, 1.807) is 7.05 Å². The zero-order valence-corrected chi connectivity index (χ0v) is 5.61. The molecule has 5 heteroatoms. The minimum absolute atomic E-state index is 0.301. The van der Waals surface area contributed by atoms with Crippen molar-refractivity contribution in [1.82, 2.24) is 14.8 Å². The molecule has 0 aromatic carbocycles. The summed E-state index contributed by atoms with van der Waals surface area (Å²) in [5.74, 6) is 0. The fourth-order valence-electron chi connectivity index (χ4n) is 0.293. The molecule has 0 aliphatic rings. The average molecular weight is 152 g/mol. The lowest BCUT2D eigenvalue weighted by atomic mass is 11.1. The summed E-state index contributed by atoms with van der Waals surface area (Å²) in [5.41, 5.74) is 0. The van der Waals surface area contributed by atoms with E-state index in [0.717, 1.165) is 0 Å². The van der Waals surface area contributed by atoms with E-state index in [4.69, 9.17) is 23.2 Å². The standard InChI is InChI=1S/C3H3Cl2N3/c1-8-2(4)6-7-3(8)5/h1H3. The van der Waals surface area contributed by atoms with E-state index in [0.29, 0.717) is 10.6 Å². The second-order valence-electron chi connectivity index (χ2n) is 1.30. The van der Waals surface area contributed by atoms with Gasteiger partial charge in [-0.05, 0) is 23.2 Å². The Morgan fingerprint density at radius 2 is 1.62 bits per heavy atom. The number of halogens is 2. The fraction of sp³-hybridized carbons (Fsp3) is 0.333. The van der Waals surface area contributed by atoms with Gasteiger partial charge in [0.2, 0.25) is 10.6 Å². The molecule has 0 radical (unpaired) electrons. The monoisotopic (exact) mass is 151 g/mol. The van der Waals surface area contributed by atoms with Gasteiger partial charge in [0.25, 0.3) is 0 Å². The van der Waals surface area contributed by atoms with Crippen LogP contribution in [0, 0.1) is 0 Å². The van der Waals surface area contributed by atoms with Crippen LogP contribution in [0.1, 0.15) is 0 Å². The van der Waals surface area contributed by atoms with Gasteiger partial charge in [0, 0.05) is 7.05 Å². The van der Waals surface area contributed by atoms with Gasteiger partial charge in [-0.15, -0.1) is 10.2 Å². The van der Waals surface area contributed by atoms with Crippen molar-refractivity contribution in [3.63, 3.8) is 0 Å². The summed E-state index contributed by atoms with van der Waals surface area (Å²) in [4.78, 5) is 0. The maximum absolute atomic E-state index is 5.43. The van der Waals surface area contributed by atoms with Gasteiger partial charge in [-0.25, -0.2) is 0 Å². The van der Waals surface area contributed by atoms with Gasteiger partial charge < -0.3 is 0 Å². The molecule has 44 valence electrons. The fourth-order valence-corrected chi connectivity index (χ4v) is 0.572. The van der Waals surface area contributed by atoms with Crippen LogP contribution in [0.3, 0.4) is 0 Å². The Labute approximate surface area is 56.2 Å². The second kappa shape index (κ2) is 1.91. The molecule has 0 atom stereocenters. The molecule has 0 bridgehead atoms. The Kier molecular flexibility index (Phi) is 1.40. The molecule has 0 amide bonds. The molecule has 0 unspecified atom stereocenters. The van der Waals surface area contributed by atoms with Crippen molar-refractivity contribution in [3.8, 4) is 0 Å². The molecular weight excluding hydrogens is 149 g/mol. The highest BCUT2D eigenvalue weighted by Gasteiger charge is 1.99. The van der Waals surface area contributed by atoms with Gasteiger partial charge in [0.15, 0.2) is 0 Å². The Balaban J connectivity index is 3.19. The molecule has 0 aliphatic carbocycles. The third kappa shape index (κ3) is 0.788. The lowest BCUT2D eigenvalue weighted by Gasteiger charge is -1.86.